The van der Waals surface area contributed by atoms with Gasteiger partial charge in [0.15, 0.2) is 12.7 Å². The van der Waals surface area contributed by atoms with Crippen LogP contribution in [0.2, 0.25) is 0 Å². The number of aliphatic hydroxyl groups is 1. The molecular formula is C32H34F3N3O5. The van der Waals surface area contributed by atoms with E-state index in [0.29, 0.717) is 21.8 Å². The lowest BCUT2D eigenvalue weighted by Crippen LogP contribution is -2.56. The van der Waals surface area contributed by atoms with Crippen molar-refractivity contribution in [3.8, 4) is 5.75 Å². The molecule has 1 saturated heterocycles. The van der Waals surface area contributed by atoms with Gasteiger partial charge in [-0.05, 0) is 54.7 Å². The number of aliphatic hydroxyl groups excluding tert-OH is 1. The molecule has 8 nitrogen and oxygen atoms in total. The molecule has 0 aromatic heterocycles. The molecular weight excluding hydrogens is 563 g/mol. The predicted molar refractivity (Wildman–Crippen MR) is 153 cm³/mol. The van der Waals surface area contributed by atoms with Crippen molar-refractivity contribution in [2.24, 2.45) is 0 Å². The molecule has 11 heteroatoms. The average molecular weight is 598 g/mol. The summed E-state index contributed by atoms with van der Waals surface area (Å²) in [5.74, 6) is -6.00. The van der Waals surface area contributed by atoms with Crippen LogP contribution in [0.1, 0.15) is 28.7 Å². The van der Waals surface area contributed by atoms with Gasteiger partial charge in [0.25, 0.3) is 17.7 Å². The fraction of sp³-hybridized carbons (Fsp3) is 0.344. The van der Waals surface area contributed by atoms with E-state index >= 15 is 0 Å². The van der Waals surface area contributed by atoms with Crippen LogP contribution in [0.5, 0.6) is 5.75 Å². The Morgan fingerprint density at radius 2 is 1.65 bits per heavy atom. The van der Waals surface area contributed by atoms with Crippen LogP contribution in [0.25, 0.3) is 0 Å². The number of amides is 3. The maximum absolute atomic E-state index is 14.5. The minimum absolute atomic E-state index is 0.00352. The molecule has 1 aliphatic rings. The minimum Gasteiger partial charge on any atom is -0.483 e. The van der Waals surface area contributed by atoms with Gasteiger partial charge in [-0.1, -0.05) is 60.7 Å². The highest BCUT2D eigenvalue weighted by Crippen LogP contribution is 2.33. The van der Waals surface area contributed by atoms with Crippen molar-refractivity contribution in [3.05, 3.63) is 101 Å². The number of ether oxygens (including phenoxy) is 1. The summed E-state index contributed by atoms with van der Waals surface area (Å²) < 4.78 is 48.3. The van der Waals surface area contributed by atoms with E-state index in [4.69, 9.17) is 4.74 Å². The number of aryl methyl sites for hydroxylation is 2. The highest BCUT2D eigenvalue weighted by molar-refractivity contribution is 5.91. The number of hydrogen-bond donors (Lipinski definition) is 3. The van der Waals surface area contributed by atoms with Gasteiger partial charge in [0, 0.05) is 13.0 Å². The normalized spacial score (nSPS) is 17.2. The molecule has 1 fully saturated rings. The largest absolute Gasteiger partial charge is 0.483 e. The maximum Gasteiger partial charge on any atom is 0.267 e. The molecule has 3 aromatic carbocycles. The Morgan fingerprint density at radius 3 is 2.33 bits per heavy atom. The van der Waals surface area contributed by atoms with Gasteiger partial charge in [0.2, 0.25) is 5.91 Å². The third-order valence-corrected chi connectivity index (χ3v) is 7.25. The molecule has 43 heavy (non-hydrogen) atoms. The molecule has 1 aliphatic heterocycles. The molecule has 0 saturated carbocycles. The third-order valence-electron chi connectivity index (χ3n) is 7.25. The second-order valence-corrected chi connectivity index (χ2v) is 10.7. The second kappa shape index (κ2) is 13.7. The number of likely N-dealkylation sites (tertiary alicyclic amines) is 1. The van der Waals surface area contributed by atoms with Crippen LogP contribution in [0.3, 0.4) is 0 Å². The van der Waals surface area contributed by atoms with E-state index in [1.165, 1.54) is 18.2 Å². The first-order valence-corrected chi connectivity index (χ1v) is 13.8. The zero-order valence-corrected chi connectivity index (χ0v) is 23.9. The van der Waals surface area contributed by atoms with Gasteiger partial charge in [-0.15, -0.1) is 0 Å². The third kappa shape index (κ3) is 8.35. The SMILES string of the molecule is Cc1cccc(C)c1OCC(=O)NC(Cc1ccccc1)C(O)C(=O)N1CC(F)(F)CC1C(=O)NCc1cccc(F)c1. The van der Waals surface area contributed by atoms with Crippen LogP contribution < -0.4 is 15.4 Å². The van der Waals surface area contributed by atoms with Crippen molar-refractivity contribution in [2.45, 2.75) is 57.3 Å². The van der Waals surface area contributed by atoms with E-state index in [9.17, 15) is 32.7 Å². The fourth-order valence-electron chi connectivity index (χ4n) is 5.10. The summed E-state index contributed by atoms with van der Waals surface area (Å²) in [4.78, 5) is 40.0. The summed E-state index contributed by atoms with van der Waals surface area (Å²) in [7, 11) is 0. The zero-order chi connectivity index (χ0) is 31.1. The fourth-order valence-corrected chi connectivity index (χ4v) is 5.10. The van der Waals surface area contributed by atoms with Crippen molar-refractivity contribution < 1.29 is 37.4 Å². The number of rotatable bonds is 11. The van der Waals surface area contributed by atoms with Gasteiger partial charge in [-0.3, -0.25) is 14.4 Å². The molecule has 0 spiro atoms. The van der Waals surface area contributed by atoms with Crippen LogP contribution in [-0.4, -0.2) is 65.0 Å². The van der Waals surface area contributed by atoms with Crippen LogP contribution >= 0.6 is 0 Å². The summed E-state index contributed by atoms with van der Waals surface area (Å²) in [5, 5.41) is 16.2. The molecule has 0 bridgehead atoms. The Bertz CT molecular complexity index is 1430. The Labute approximate surface area is 247 Å². The monoisotopic (exact) mass is 597 g/mol. The number of hydrogen-bond acceptors (Lipinski definition) is 5. The summed E-state index contributed by atoms with van der Waals surface area (Å²) >= 11 is 0. The number of nitrogens with zero attached hydrogens (tertiary/aromatic N) is 1. The average Bonchev–Trinajstić information content (AvgIpc) is 3.30. The lowest BCUT2D eigenvalue weighted by atomic mass is 9.99. The smallest absolute Gasteiger partial charge is 0.267 e. The van der Waals surface area contributed by atoms with E-state index in [1.54, 1.807) is 36.4 Å². The number of benzene rings is 3. The van der Waals surface area contributed by atoms with Gasteiger partial charge < -0.3 is 25.4 Å². The van der Waals surface area contributed by atoms with Crippen molar-refractivity contribution in [1.29, 1.82) is 0 Å². The van der Waals surface area contributed by atoms with Gasteiger partial charge in [0.1, 0.15) is 17.6 Å². The molecule has 3 unspecified atom stereocenters. The summed E-state index contributed by atoms with van der Waals surface area (Å²) in [6.07, 6.45) is -2.89. The first kappa shape index (κ1) is 31.6. The molecule has 228 valence electrons. The minimum atomic E-state index is -3.38. The van der Waals surface area contributed by atoms with Crippen LogP contribution in [0.15, 0.2) is 72.8 Å². The summed E-state index contributed by atoms with van der Waals surface area (Å²) in [6, 6.07) is 16.9. The quantitative estimate of drug-likeness (QED) is 0.314. The Hall–Kier alpha value is -4.38. The topological polar surface area (TPSA) is 108 Å². The first-order chi connectivity index (χ1) is 20.4. The van der Waals surface area contributed by atoms with E-state index in [2.05, 4.69) is 10.6 Å². The van der Waals surface area contributed by atoms with E-state index in [0.717, 1.165) is 11.1 Å². The number of para-hydroxylation sites is 1. The highest BCUT2D eigenvalue weighted by Gasteiger charge is 2.51. The zero-order valence-electron chi connectivity index (χ0n) is 23.9. The number of carbonyl (C=O) groups is 3. The molecule has 3 N–H and O–H groups in total. The molecule has 0 aliphatic carbocycles. The lowest BCUT2D eigenvalue weighted by molar-refractivity contribution is -0.147. The molecule has 1 heterocycles. The Morgan fingerprint density at radius 1 is 1.00 bits per heavy atom. The first-order valence-electron chi connectivity index (χ1n) is 13.8. The van der Waals surface area contributed by atoms with Crippen molar-refractivity contribution in [1.82, 2.24) is 15.5 Å². The maximum atomic E-state index is 14.5. The summed E-state index contributed by atoms with van der Waals surface area (Å²) in [6.45, 7) is 2.03. The Kier molecular flexibility index (Phi) is 10.1. The lowest BCUT2D eigenvalue weighted by Gasteiger charge is -2.30. The van der Waals surface area contributed by atoms with Crippen molar-refractivity contribution >= 4 is 17.7 Å². The highest BCUT2D eigenvalue weighted by atomic mass is 19.3. The van der Waals surface area contributed by atoms with Crippen LogP contribution in [0.4, 0.5) is 13.2 Å². The second-order valence-electron chi connectivity index (χ2n) is 10.7. The summed E-state index contributed by atoms with van der Waals surface area (Å²) in [5.41, 5.74) is 2.72. The van der Waals surface area contributed by atoms with E-state index in [1.807, 2.05) is 32.0 Å². The van der Waals surface area contributed by atoms with Gasteiger partial charge in [0.05, 0.1) is 12.6 Å². The number of nitrogens with one attached hydrogen (secondary N) is 2. The van der Waals surface area contributed by atoms with Crippen molar-refractivity contribution in [3.63, 3.8) is 0 Å². The molecule has 3 amide bonds. The molecule has 4 rings (SSSR count). The van der Waals surface area contributed by atoms with Gasteiger partial charge in [-0.25, -0.2) is 13.2 Å². The van der Waals surface area contributed by atoms with Crippen LogP contribution in [0, 0.1) is 19.7 Å². The number of carbonyl (C=O) groups excluding carboxylic acids is 3. The standard InChI is InChI=1S/C32H34F3N3O5/c1-20-8-6-9-21(2)29(20)43-18-27(39)37-25(15-22-10-4-3-5-11-22)28(40)31(42)38-19-32(34,35)16-26(38)30(41)36-17-23-12-7-13-24(33)14-23/h3-14,25-26,28,40H,15-19H2,1-2H3,(H,36,41)(H,37,39). The van der Waals surface area contributed by atoms with E-state index < -0.39 is 67.2 Å². The molecule has 3 atom stereocenters. The molecule has 3 aromatic rings. The van der Waals surface area contributed by atoms with Crippen LogP contribution in [-0.2, 0) is 27.3 Å². The number of alkyl halides is 2. The molecule has 0 radical (unpaired) electrons. The predicted octanol–water partition coefficient (Wildman–Crippen LogP) is 3.46. The van der Waals surface area contributed by atoms with Gasteiger partial charge >= 0.3 is 0 Å². The van der Waals surface area contributed by atoms with Crippen molar-refractivity contribution in [2.75, 3.05) is 13.2 Å². The Balaban J connectivity index is 1.48. The number of halogens is 3. The van der Waals surface area contributed by atoms with E-state index in [-0.39, 0.29) is 13.0 Å². The van der Waals surface area contributed by atoms with Gasteiger partial charge in [-0.2, -0.15) is 0 Å².